The van der Waals surface area contributed by atoms with Crippen LogP contribution >= 0.6 is 0 Å². The zero-order chi connectivity index (χ0) is 14.8. The smallest absolute Gasteiger partial charge is 0.231 e. The van der Waals surface area contributed by atoms with E-state index < -0.39 is 0 Å². The van der Waals surface area contributed by atoms with Crippen molar-refractivity contribution in [2.75, 3.05) is 19.2 Å². The summed E-state index contributed by atoms with van der Waals surface area (Å²) >= 11 is 0. The van der Waals surface area contributed by atoms with Crippen LogP contribution in [0, 0.1) is 6.92 Å². The van der Waals surface area contributed by atoms with E-state index in [9.17, 15) is 0 Å². The SMILES string of the molecule is COc1cc(C)ccc1C(C)Nc1ccc2c(c1)OCO2. The summed E-state index contributed by atoms with van der Waals surface area (Å²) in [6, 6.07) is 12.2. The van der Waals surface area contributed by atoms with Crippen molar-refractivity contribution in [1.82, 2.24) is 0 Å². The Hall–Kier alpha value is -2.36. The molecule has 0 spiro atoms. The van der Waals surface area contributed by atoms with E-state index in [4.69, 9.17) is 14.2 Å². The van der Waals surface area contributed by atoms with Gasteiger partial charge in [-0.3, -0.25) is 0 Å². The van der Waals surface area contributed by atoms with Crippen LogP contribution in [0.4, 0.5) is 5.69 Å². The number of benzene rings is 2. The van der Waals surface area contributed by atoms with E-state index >= 15 is 0 Å². The zero-order valence-electron chi connectivity index (χ0n) is 12.5. The molecular weight excluding hydrogens is 266 g/mol. The molecule has 2 aromatic carbocycles. The molecule has 1 aliphatic heterocycles. The molecule has 110 valence electrons. The highest BCUT2D eigenvalue weighted by Gasteiger charge is 2.15. The molecule has 1 atom stereocenters. The molecule has 4 heteroatoms. The van der Waals surface area contributed by atoms with E-state index in [1.165, 1.54) is 5.56 Å². The molecule has 0 saturated heterocycles. The lowest BCUT2D eigenvalue weighted by Gasteiger charge is -2.19. The zero-order valence-corrected chi connectivity index (χ0v) is 12.5. The van der Waals surface area contributed by atoms with Gasteiger partial charge in [0.25, 0.3) is 0 Å². The van der Waals surface area contributed by atoms with Crippen LogP contribution in [0.25, 0.3) is 0 Å². The molecule has 0 aromatic heterocycles. The van der Waals surface area contributed by atoms with Gasteiger partial charge < -0.3 is 19.5 Å². The topological polar surface area (TPSA) is 39.7 Å². The van der Waals surface area contributed by atoms with Crippen LogP contribution in [0.2, 0.25) is 0 Å². The molecule has 1 aliphatic rings. The normalized spacial score (nSPS) is 13.9. The molecule has 0 amide bonds. The molecule has 2 aromatic rings. The summed E-state index contributed by atoms with van der Waals surface area (Å²) in [6.07, 6.45) is 0. The molecular formula is C17H19NO3. The van der Waals surface area contributed by atoms with Gasteiger partial charge in [-0.25, -0.2) is 0 Å². The fourth-order valence-electron chi connectivity index (χ4n) is 2.49. The molecule has 0 aliphatic carbocycles. The Kier molecular flexibility index (Phi) is 3.60. The number of ether oxygens (including phenoxy) is 3. The Labute approximate surface area is 124 Å². The van der Waals surface area contributed by atoms with Gasteiger partial charge >= 0.3 is 0 Å². The van der Waals surface area contributed by atoms with Crippen LogP contribution in [-0.2, 0) is 0 Å². The highest BCUT2D eigenvalue weighted by Crippen LogP contribution is 2.36. The predicted octanol–water partition coefficient (Wildman–Crippen LogP) is 3.91. The van der Waals surface area contributed by atoms with Gasteiger partial charge in [0.2, 0.25) is 6.79 Å². The van der Waals surface area contributed by atoms with E-state index in [0.29, 0.717) is 6.79 Å². The Morgan fingerprint density at radius 2 is 1.90 bits per heavy atom. The maximum atomic E-state index is 5.47. The highest BCUT2D eigenvalue weighted by molar-refractivity contribution is 5.57. The fourth-order valence-corrected chi connectivity index (χ4v) is 2.49. The average molecular weight is 285 g/mol. The Morgan fingerprint density at radius 1 is 1.10 bits per heavy atom. The number of hydrogen-bond acceptors (Lipinski definition) is 4. The predicted molar refractivity (Wildman–Crippen MR) is 82.3 cm³/mol. The first-order chi connectivity index (χ1) is 10.2. The Bertz CT molecular complexity index is 654. The second kappa shape index (κ2) is 5.56. The van der Waals surface area contributed by atoms with Crippen molar-refractivity contribution in [1.29, 1.82) is 0 Å². The second-order valence-corrected chi connectivity index (χ2v) is 5.18. The van der Waals surface area contributed by atoms with Gasteiger partial charge in [-0.15, -0.1) is 0 Å². The molecule has 0 fully saturated rings. The van der Waals surface area contributed by atoms with E-state index in [-0.39, 0.29) is 6.04 Å². The third kappa shape index (κ3) is 2.75. The summed E-state index contributed by atoms with van der Waals surface area (Å²) in [5.74, 6) is 2.47. The first kappa shape index (κ1) is 13.6. The van der Waals surface area contributed by atoms with Gasteiger partial charge in [-0.05, 0) is 37.6 Å². The molecule has 1 unspecified atom stereocenters. The van der Waals surface area contributed by atoms with Gasteiger partial charge in [-0.2, -0.15) is 0 Å². The van der Waals surface area contributed by atoms with Crippen LogP contribution in [0.3, 0.4) is 0 Å². The molecule has 21 heavy (non-hydrogen) atoms. The van der Waals surface area contributed by atoms with Crippen LogP contribution < -0.4 is 19.5 Å². The molecule has 1 heterocycles. The highest BCUT2D eigenvalue weighted by atomic mass is 16.7. The molecule has 0 bridgehead atoms. The van der Waals surface area contributed by atoms with Crippen LogP contribution in [0.15, 0.2) is 36.4 Å². The third-order valence-corrected chi connectivity index (χ3v) is 3.61. The monoisotopic (exact) mass is 285 g/mol. The molecule has 3 rings (SSSR count). The average Bonchev–Trinajstić information content (AvgIpc) is 2.94. The number of nitrogens with one attached hydrogen (secondary N) is 1. The van der Waals surface area contributed by atoms with Gasteiger partial charge in [0.1, 0.15) is 5.75 Å². The van der Waals surface area contributed by atoms with Gasteiger partial charge in [0.05, 0.1) is 13.2 Å². The fraction of sp³-hybridized carbons (Fsp3) is 0.294. The van der Waals surface area contributed by atoms with Crippen LogP contribution in [0.1, 0.15) is 24.1 Å². The lowest BCUT2D eigenvalue weighted by Crippen LogP contribution is -2.08. The maximum absolute atomic E-state index is 5.47. The van der Waals surface area contributed by atoms with Crippen LogP contribution in [0.5, 0.6) is 17.2 Å². The van der Waals surface area contributed by atoms with Crippen molar-refractivity contribution in [3.05, 3.63) is 47.5 Å². The van der Waals surface area contributed by atoms with Crippen molar-refractivity contribution in [2.45, 2.75) is 19.9 Å². The number of aryl methyl sites for hydroxylation is 1. The third-order valence-electron chi connectivity index (χ3n) is 3.61. The summed E-state index contributed by atoms with van der Waals surface area (Å²) in [5.41, 5.74) is 3.31. The van der Waals surface area contributed by atoms with E-state index in [1.807, 2.05) is 24.3 Å². The lowest BCUT2D eigenvalue weighted by atomic mass is 10.0. The first-order valence-corrected chi connectivity index (χ1v) is 6.98. The van der Waals surface area contributed by atoms with Crippen molar-refractivity contribution in [3.8, 4) is 17.2 Å². The van der Waals surface area contributed by atoms with Crippen molar-refractivity contribution < 1.29 is 14.2 Å². The minimum absolute atomic E-state index is 0.126. The Balaban J connectivity index is 1.81. The lowest BCUT2D eigenvalue weighted by molar-refractivity contribution is 0.174. The van der Waals surface area contributed by atoms with E-state index in [2.05, 4.69) is 31.3 Å². The Morgan fingerprint density at radius 3 is 2.71 bits per heavy atom. The molecule has 0 saturated carbocycles. The number of anilines is 1. The number of methoxy groups -OCH3 is 1. The van der Waals surface area contributed by atoms with E-state index in [0.717, 1.165) is 28.5 Å². The molecule has 4 nitrogen and oxygen atoms in total. The first-order valence-electron chi connectivity index (χ1n) is 6.98. The van der Waals surface area contributed by atoms with Crippen LogP contribution in [-0.4, -0.2) is 13.9 Å². The maximum Gasteiger partial charge on any atom is 0.231 e. The molecule has 0 radical (unpaired) electrons. The second-order valence-electron chi connectivity index (χ2n) is 5.18. The van der Waals surface area contributed by atoms with Gasteiger partial charge in [-0.1, -0.05) is 12.1 Å². The summed E-state index contributed by atoms with van der Waals surface area (Å²) in [4.78, 5) is 0. The summed E-state index contributed by atoms with van der Waals surface area (Å²) in [7, 11) is 1.70. The number of fused-ring (bicyclic) bond motifs is 1. The number of hydrogen-bond donors (Lipinski definition) is 1. The van der Waals surface area contributed by atoms with Gasteiger partial charge in [0, 0.05) is 17.3 Å². The quantitative estimate of drug-likeness (QED) is 0.924. The molecule has 1 N–H and O–H groups in total. The summed E-state index contributed by atoms with van der Waals surface area (Å²) in [5, 5.41) is 3.47. The standard InChI is InChI=1S/C17H19NO3/c1-11-4-6-14(16(8-11)19-3)12(2)18-13-5-7-15-17(9-13)21-10-20-15/h4-9,12,18H,10H2,1-3H3. The van der Waals surface area contributed by atoms with Gasteiger partial charge in [0.15, 0.2) is 11.5 Å². The van der Waals surface area contributed by atoms with E-state index in [1.54, 1.807) is 7.11 Å². The van der Waals surface area contributed by atoms with Crippen molar-refractivity contribution in [3.63, 3.8) is 0 Å². The number of rotatable bonds is 4. The van der Waals surface area contributed by atoms with Crippen molar-refractivity contribution in [2.24, 2.45) is 0 Å². The largest absolute Gasteiger partial charge is 0.496 e. The minimum Gasteiger partial charge on any atom is -0.496 e. The van der Waals surface area contributed by atoms with Crippen molar-refractivity contribution >= 4 is 5.69 Å². The summed E-state index contributed by atoms with van der Waals surface area (Å²) in [6.45, 7) is 4.46. The minimum atomic E-state index is 0.126. The summed E-state index contributed by atoms with van der Waals surface area (Å²) < 4.78 is 16.2.